The van der Waals surface area contributed by atoms with Crippen LogP contribution < -0.4 is 9.62 Å². The molecule has 0 aliphatic rings. The number of carbonyl (C=O) groups is 2. The average molecular weight is 504 g/mol. The number of sulfonamides is 1. The van der Waals surface area contributed by atoms with Gasteiger partial charge in [-0.15, -0.1) is 0 Å². The fourth-order valence-corrected chi connectivity index (χ4v) is 4.17. The van der Waals surface area contributed by atoms with Crippen molar-refractivity contribution in [3.63, 3.8) is 0 Å². The molecular weight excluding hydrogens is 478 g/mol. The summed E-state index contributed by atoms with van der Waals surface area (Å²) < 4.78 is 78.2. The predicted octanol–water partition coefficient (Wildman–Crippen LogP) is 3.16. The van der Waals surface area contributed by atoms with E-state index in [1.807, 2.05) is 0 Å². The van der Waals surface area contributed by atoms with Gasteiger partial charge in [0.1, 0.15) is 18.4 Å². The third kappa shape index (κ3) is 6.92. The Morgan fingerprint density at radius 1 is 1.09 bits per heavy atom. The monoisotopic (exact) mass is 503 g/mol. The van der Waals surface area contributed by atoms with Crippen LogP contribution in [-0.2, 0) is 32.3 Å². The number of anilines is 1. The summed E-state index contributed by atoms with van der Waals surface area (Å²) in [6.07, 6.45) is -3.78. The Morgan fingerprint density at radius 3 is 2.21 bits per heavy atom. The van der Waals surface area contributed by atoms with Crippen molar-refractivity contribution < 1.29 is 35.6 Å². The molecule has 7 nitrogen and oxygen atoms in total. The molecule has 0 aromatic heterocycles. The van der Waals surface area contributed by atoms with Gasteiger partial charge in [0, 0.05) is 13.6 Å². The molecule has 12 heteroatoms. The van der Waals surface area contributed by atoms with Crippen LogP contribution in [0.15, 0.2) is 48.5 Å². The number of nitrogens with one attached hydrogen (secondary N) is 1. The smallest absolute Gasteiger partial charge is 0.357 e. The van der Waals surface area contributed by atoms with Crippen molar-refractivity contribution in [1.29, 1.82) is 0 Å². The average Bonchev–Trinajstić information content (AvgIpc) is 2.77. The highest BCUT2D eigenvalue weighted by Gasteiger charge is 2.34. The van der Waals surface area contributed by atoms with Crippen molar-refractivity contribution in [1.82, 2.24) is 10.2 Å². The van der Waals surface area contributed by atoms with Gasteiger partial charge in [-0.3, -0.25) is 13.9 Å². The lowest BCUT2D eigenvalue weighted by Crippen LogP contribution is -2.51. The summed E-state index contributed by atoms with van der Waals surface area (Å²) in [5.74, 6) is -1.83. The largest absolute Gasteiger partial charge is 0.416 e. The van der Waals surface area contributed by atoms with Gasteiger partial charge < -0.3 is 10.2 Å². The van der Waals surface area contributed by atoms with Gasteiger partial charge in [0.05, 0.1) is 17.5 Å². The second-order valence-electron chi connectivity index (χ2n) is 7.50. The van der Waals surface area contributed by atoms with Gasteiger partial charge in [-0.05, 0) is 42.3 Å². The number of halogens is 4. The van der Waals surface area contributed by atoms with Crippen LogP contribution in [0.3, 0.4) is 0 Å². The van der Waals surface area contributed by atoms with Crippen LogP contribution in [0, 0.1) is 5.82 Å². The highest BCUT2D eigenvalue weighted by Crippen LogP contribution is 2.32. The van der Waals surface area contributed by atoms with E-state index in [1.54, 1.807) is 6.92 Å². The minimum atomic E-state index is -4.72. The van der Waals surface area contributed by atoms with E-state index in [2.05, 4.69) is 5.32 Å². The maximum atomic E-state index is 13.3. The van der Waals surface area contributed by atoms with E-state index >= 15 is 0 Å². The van der Waals surface area contributed by atoms with Gasteiger partial charge in [0.15, 0.2) is 0 Å². The van der Waals surface area contributed by atoms with E-state index in [9.17, 15) is 35.6 Å². The van der Waals surface area contributed by atoms with E-state index in [0.29, 0.717) is 15.9 Å². The quantitative estimate of drug-likeness (QED) is 0.533. The standard InChI is InChI=1S/C22H25F4N3O4S/c1-4-19(21(31)27-2)28(13-15-8-10-17(23)11-9-15)20(30)14-29(34(3,32)33)18-7-5-6-16(12-18)22(24,25)26/h5-12,19H,4,13-14H2,1-3H3,(H,27,31)/t19-/m0/s1. The first-order chi connectivity index (χ1) is 15.8. The first kappa shape index (κ1) is 27.1. The van der Waals surface area contributed by atoms with Gasteiger partial charge in [0.2, 0.25) is 21.8 Å². The van der Waals surface area contributed by atoms with E-state index in [1.165, 1.54) is 31.3 Å². The first-order valence-corrected chi connectivity index (χ1v) is 12.0. The van der Waals surface area contributed by atoms with Crippen molar-refractivity contribution >= 4 is 27.5 Å². The van der Waals surface area contributed by atoms with Crippen LogP contribution in [0.2, 0.25) is 0 Å². The Kier molecular flexibility index (Phi) is 8.65. The van der Waals surface area contributed by atoms with Crippen molar-refractivity contribution in [2.24, 2.45) is 0 Å². The van der Waals surface area contributed by atoms with E-state index in [4.69, 9.17) is 0 Å². The number of amides is 2. The molecule has 0 aliphatic carbocycles. The van der Waals surface area contributed by atoms with Crippen LogP contribution in [-0.4, -0.2) is 51.0 Å². The maximum absolute atomic E-state index is 13.3. The van der Waals surface area contributed by atoms with Crippen LogP contribution >= 0.6 is 0 Å². The van der Waals surface area contributed by atoms with Gasteiger partial charge in [0.25, 0.3) is 0 Å². The lowest BCUT2D eigenvalue weighted by Gasteiger charge is -2.32. The summed E-state index contributed by atoms with van der Waals surface area (Å²) in [4.78, 5) is 26.8. The molecule has 0 unspecified atom stereocenters. The topological polar surface area (TPSA) is 86.8 Å². The SMILES string of the molecule is CC[C@@H](C(=O)NC)N(Cc1ccc(F)cc1)C(=O)CN(c1cccc(C(F)(F)F)c1)S(C)(=O)=O. The third-order valence-corrected chi connectivity index (χ3v) is 6.18. The van der Waals surface area contributed by atoms with E-state index in [0.717, 1.165) is 29.4 Å². The fraction of sp³-hybridized carbons (Fsp3) is 0.364. The molecule has 34 heavy (non-hydrogen) atoms. The zero-order chi connectivity index (χ0) is 25.7. The minimum Gasteiger partial charge on any atom is -0.357 e. The molecule has 0 fully saturated rings. The van der Waals surface area contributed by atoms with Crippen molar-refractivity contribution in [2.75, 3.05) is 24.2 Å². The predicted molar refractivity (Wildman–Crippen MR) is 119 cm³/mol. The summed E-state index contributed by atoms with van der Waals surface area (Å²) in [5.41, 5.74) is -0.950. The Balaban J connectivity index is 2.46. The number of carbonyl (C=O) groups excluding carboxylic acids is 2. The molecule has 0 aliphatic heterocycles. The number of likely N-dealkylation sites (N-methyl/N-ethyl adjacent to an activating group) is 1. The molecule has 2 amide bonds. The van der Waals surface area contributed by atoms with E-state index in [-0.39, 0.29) is 18.7 Å². The first-order valence-electron chi connectivity index (χ1n) is 10.2. The normalized spacial score (nSPS) is 12.7. The van der Waals surface area contributed by atoms with Crippen molar-refractivity contribution in [3.8, 4) is 0 Å². The molecule has 2 rings (SSSR count). The van der Waals surface area contributed by atoms with Crippen LogP contribution in [0.5, 0.6) is 0 Å². The maximum Gasteiger partial charge on any atom is 0.416 e. The lowest BCUT2D eigenvalue weighted by atomic mass is 10.1. The fourth-order valence-electron chi connectivity index (χ4n) is 3.32. The molecular formula is C22H25F4N3O4S. The molecule has 0 radical (unpaired) electrons. The third-order valence-electron chi connectivity index (χ3n) is 5.04. The number of benzene rings is 2. The van der Waals surface area contributed by atoms with Crippen LogP contribution in [0.25, 0.3) is 0 Å². The Bertz CT molecular complexity index is 1120. The van der Waals surface area contributed by atoms with Crippen LogP contribution in [0.4, 0.5) is 23.2 Å². The molecule has 0 heterocycles. The second kappa shape index (κ2) is 10.9. The molecule has 1 N–H and O–H groups in total. The summed E-state index contributed by atoms with van der Waals surface area (Å²) in [5, 5.41) is 2.44. The molecule has 0 saturated heterocycles. The summed E-state index contributed by atoms with van der Waals surface area (Å²) in [7, 11) is -2.81. The Labute approximate surface area is 195 Å². The highest BCUT2D eigenvalue weighted by atomic mass is 32.2. The van der Waals surface area contributed by atoms with Crippen LogP contribution in [0.1, 0.15) is 24.5 Å². The summed E-state index contributed by atoms with van der Waals surface area (Å²) in [6, 6.07) is 7.76. The van der Waals surface area contributed by atoms with E-state index < -0.39 is 52.0 Å². The van der Waals surface area contributed by atoms with Crippen molar-refractivity contribution in [3.05, 3.63) is 65.5 Å². The number of alkyl halides is 3. The molecule has 1 atom stereocenters. The molecule has 0 spiro atoms. The molecule has 2 aromatic carbocycles. The molecule has 0 bridgehead atoms. The minimum absolute atomic E-state index is 0.148. The lowest BCUT2D eigenvalue weighted by molar-refractivity contribution is -0.140. The molecule has 2 aromatic rings. The zero-order valence-corrected chi connectivity index (χ0v) is 19.6. The summed E-state index contributed by atoms with van der Waals surface area (Å²) >= 11 is 0. The van der Waals surface area contributed by atoms with Gasteiger partial charge >= 0.3 is 6.18 Å². The van der Waals surface area contributed by atoms with Gasteiger partial charge in [-0.25, -0.2) is 12.8 Å². The Morgan fingerprint density at radius 2 is 1.71 bits per heavy atom. The zero-order valence-electron chi connectivity index (χ0n) is 18.8. The molecule has 0 saturated carbocycles. The van der Waals surface area contributed by atoms with Gasteiger partial charge in [-0.1, -0.05) is 25.1 Å². The number of rotatable bonds is 9. The van der Waals surface area contributed by atoms with Crippen molar-refractivity contribution in [2.45, 2.75) is 32.1 Å². The highest BCUT2D eigenvalue weighted by molar-refractivity contribution is 7.92. The number of hydrogen-bond donors (Lipinski definition) is 1. The number of hydrogen-bond acceptors (Lipinski definition) is 4. The molecule has 186 valence electrons. The Hall–Kier alpha value is -3.15. The summed E-state index contributed by atoms with van der Waals surface area (Å²) in [6.45, 7) is 0.659. The van der Waals surface area contributed by atoms with Gasteiger partial charge in [-0.2, -0.15) is 13.2 Å². The second-order valence-corrected chi connectivity index (χ2v) is 9.41. The number of nitrogens with zero attached hydrogens (tertiary/aromatic N) is 2.